The zero-order valence-electron chi connectivity index (χ0n) is 10.5. The van der Waals surface area contributed by atoms with Crippen LogP contribution in [-0.4, -0.2) is 23.0 Å². The van der Waals surface area contributed by atoms with Crippen LogP contribution in [0.15, 0.2) is 60.9 Å². The van der Waals surface area contributed by atoms with Gasteiger partial charge in [-0.2, -0.15) is 0 Å². The number of hydrogen-bond acceptors (Lipinski definition) is 3. The summed E-state index contributed by atoms with van der Waals surface area (Å²) in [6.07, 6.45) is 1.70. The van der Waals surface area contributed by atoms with Gasteiger partial charge in [0.1, 0.15) is 0 Å². The maximum atomic E-state index is 10.8. The minimum absolute atomic E-state index is 0.291. The molecule has 0 radical (unpaired) electrons. The lowest BCUT2D eigenvalue weighted by Crippen LogP contribution is -1.99. The number of methoxy groups -OCH3 is 1. The van der Waals surface area contributed by atoms with Gasteiger partial charge in [-0.15, -0.1) is 0 Å². The highest BCUT2D eigenvalue weighted by Gasteiger charge is 2.00. The van der Waals surface area contributed by atoms with Gasteiger partial charge in [-0.1, -0.05) is 30.3 Å². The summed E-state index contributed by atoms with van der Waals surface area (Å²) in [6.45, 7) is 0. The van der Waals surface area contributed by atoms with Crippen LogP contribution in [0.5, 0.6) is 0 Å². The summed E-state index contributed by atoms with van der Waals surface area (Å²) in [4.78, 5) is 17.9. The maximum absolute atomic E-state index is 10.8. The van der Waals surface area contributed by atoms with E-state index < -0.39 is 0 Å². The summed E-state index contributed by atoms with van der Waals surface area (Å²) in [6, 6.07) is 16.8. The van der Waals surface area contributed by atoms with Crippen molar-refractivity contribution in [3.63, 3.8) is 0 Å². The van der Waals surface area contributed by atoms with Crippen molar-refractivity contribution >= 4 is 17.0 Å². The van der Waals surface area contributed by atoms with E-state index in [9.17, 15) is 4.79 Å². The molecule has 0 aliphatic rings. The molecule has 19 heavy (non-hydrogen) atoms. The number of aromatic amines is 1. The summed E-state index contributed by atoms with van der Waals surface area (Å²) in [5.74, 6) is -0.291. The van der Waals surface area contributed by atoms with E-state index in [0.717, 1.165) is 11.0 Å². The second kappa shape index (κ2) is 6.35. The van der Waals surface area contributed by atoms with Crippen LogP contribution >= 0.6 is 0 Å². The van der Waals surface area contributed by atoms with Crippen molar-refractivity contribution in [2.75, 3.05) is 7.11 Å². The lowest BCUT2D eigenvalue weighted by Gasteiger charge is -1.95. The number of esters is 1. The molecule has 0 bridgehead atoms. The topological polar surface area (TPSA) is 55.0 Å². The molecule has 0 saturated carbocycles. The number of benzene rings is 2. The summed E-state index contributed by atoms with van der Waals surface area (Å²) >= 11 is 0. The molecule has 4 nitrogen and oxygen atoms in total. The first kappa shape index (κ1) is 12.8. The Balaban J connectivity index is 0.000000141. The minimum atomic E-state index is -0.291. The number of imidazole rings is 1. The zero-order valence-corrected chi connectivity index (χ0v) is 10.5. The van der Waals surface area contributed by atoms with Crippen molar-refractivity contribution in [3.05, 3.63) is 66.5 Å². The third-order valence-corrected chi connectivity index (χ3v) is 2.52. The van der Waals surface area contributed by atoms with Crippen LogP contribution in [0.25, 0.3) is 11.0 Å². The normalized spacial score (nSPS) is 9.53. The van der Waals surface area contributed by atoms with Gasteiger partial charge in [0.15, 0.2) is 0 Å². The molecule has 0 aliphatic carbocycles. The summed E-state index contributed by atoms with van der Waals surface area (Å²) in [7, 11) is 1.37. The summed E-state index contributed by atoms with van der Waals surface area (Å²) < 4.78 is 4.50. The number of H-pyrrole nitrogens is 1. The van der Waals surface area contributed by atoms with Crippen LogP contribution in [0.1, 0.15) is 10.4 Å². The van der Waals surface area contributed by atoms with E-state index in [0.29, 0.717) is 5.56 Å². The predicted molar refractivity (Wildman–Crippen MR) is 73.9 cm³/mol. The molecule has 2 aromatic carbocycles. The zero-order chi connectivity index (χ0) is 13.5. The van der Waals surface area contributed by atoms with Crippen molar-refractivity contribution in [2.45, 2.75) is 0 Å². The van der Waals surface area contributed by atoms with Crippen molar-refractivity contribution in [3.8, 4) is 0 Å². The molecular formula is C15H14N2O2. The quantitative estimate of drug-likeness (QED) is 0.679. The number of ether oxygens (including phenoxy) is 1. The van der Waals surface area contributed by atoms with E-state index in [1.54, 1.807) is 30.6 Å². The highest BCUT2D eigenvalue weighted by molar-refractivity contribution is 5.89. The van der Waals surface area contributed by atoms with Crippen LogP contribution in [0, 0.1) is 0 Å². The van der Waals surface area contributed by atoms with Gasteiger partial charge < -0.3 is 9.72 Å². The molecule has 0 amide bonds. The lowest BCUT2D eigenvalue weighted by molar-refractivity contribution is 0.0601. The molecule has 1 N–H and O–H groups in total. The minimum Gasteiger partial charge on any atom is -0.465 e. The fourth-order valence-corrected chi connectivity index (χ4v) is 1.57. The average Bonchev–Trinajstić information content (AvgIpc) is 2.96. The third kappa shape index (κ3) is 3.42. The Bertz CT molecular complexity index is 617. The van der Waals surface area contributed by atoms with Crippen molar-refractivity contribution in [2.24, 2.45) is 0 Å². The number of nitrogens with one attached hydrogen (secondary N) is 1. The number of nitrogens with zero attached hydrogens (tertiary/aromatic N) is 1. The van der Waals surface area contributed by atoms with Crippen LogP contribution in [0.2, 0.25) is 0 Å². The number of hydrogen-bond donors (Lipinski definition) is 1. The Morgan fingerprint density at radius 3 is 2.42 bits per heavy atom. The Morgan fingerprint density at radius 1 is 1.05 bits per heavy atom. The Hall–Kier alpha value is -2.62. The Labute approximate surface area is 111 Å². The van der Waals surface area contributed by atoms with Crippen LogP contribution in [-0.2, 0) is 4.74 Å². The molecule has 3 aromatic rings. The molecule has 1 heterocycles. The second-order valence-corrected chi connectivity index (χ2v) is 3.78. The van der Waals surface area contributed by atoms with E-state index >= 15 is 0 Å². The number of carbonyl (C=O) groups is 1. The molecule has 1 aromatic heterocycles. The molecule has 0 spiro atoms. The van der Waals surface area contributed by atoms with E-state index in [-0.39, 0.29) is 5.97 Å². The molecule has 4 heteroatoms. The Morgan fingerprint density at radius 2 is 1.74 bits per heavy atom. The smallest absolute Gasteiger partial charge is 0.337 e. The van der Waals surface area contributed by atoms with Gasteiger partial charge in [-0.3, -0.25) is 0 Å². The van der Waals surface area contributed by atoms with Crippen LogP contribution in [0.3, 0.4) is 0 Å². The first-order valence-corrected chi connectivity index (χ1v) is 5.83. The van der Waals surface area contributed by atoms with Gasteiger partial charge in [-0.05, 0) is 24.3 Å². The van der Waals surface area contributed by atoms with Gasteiger partial charge in [0.25, 0.3) is 0 Å². The number of fused-ring (bicyclic) bond motifs is 1. The van der Waals surface area contributed by atoms with Crippen molar-refractivity contribution < 1.29 is 9.53 Å². The Kier molecular flexibility index (Phi) is 4.29. The summed E-state index contributed by atoms with van der Waals surface area (Å²) in [5, 5.41) is 0. The van der Waals surface area contributed by atoms with E-state index in [1.165, 1.54) is 7.11 Å². The monoisotopic (exact) mass is 254 g/mol. The molecule has 0 unspecified atom stereocenters. The second-order valence-electron chi connectivity index (χ2n) is 3.78. The average molecular weight is 254 g/mol. The molecule has 3 rings (SSSR count). The van der Waals surface area contributed by atoms with E-state index in [2.05, 4.69) is 14.7 Å². The van der Waals surface area contributed by atoms with Gasteiger partial charge >= 0.3 is 5.97 Å². The highest BCUT2D eigenvalue weighted by atomic mass is 16.5. The fraction of sp³-hybridized carbons (Fsp3) is 0.0667. The summed E-state index contributed by atoms with van der Waals surface area (Å²) in [5.41, 5.74) is 2.71. The first-order valence-electron chi connectivity index (χ1n) is 5.83. The van der Waals surface area contributed by atoms with Gasteiger partial charge in [0.05, 0.1) is 30.0 Å². The van der Waals surface area contributed by atoms with Gasteiger partial charge in [0, 0.05) is 0 Å². The molecule has 0 atom stereocenters. The maximum Gasteiger partial charge on any atom is 0.337 e. The van der Waals surface area contributed by atoms with Crippen molar-refractivity contribution in [1.29, 1.82) is 0 Å². The SMILES string of the molecule is COC(=O)c1ccccc1.c1ccc2[nH]cnc2c1. The lowest BCUT2D eigenvalue weighted by atomic mass is 10.2. The van der Waals surface area contributed by atoms with E-state index in [4.69, 9.17) is 0 Å². The molecule has 0 aliphatic heterocycles. The predicted octanol–water partition coefficient (Wildman–Crippen LogP) is 3.04. The van der Waals surface area contributed by atoms with E-state index in [1.807, 2.05) is 30.3 Å². The molecule has 0 fully saturated rings. The number of aromatic nitrogens is 2. The number of rotatable bonds is 1. The first-order chi connectivity index (χ1) is 9.31. The fourth-order valence-electron chi connectivity index (χ4n) is 1.57. The van der Waals surface area contributed by atoms with Crippen LogP contribution < -0.4 is 0 Å². The largest absolute Gasteiger partial charge is 0.465 e. The standard InChI is InChI=1S/C8H8O2.C7H6N2/c1-10-8(9)7-5-3-2-4-6-7;1-2-4-7-6(3-1)8-5-9-7/h2-6H,1H3;1-5H,(H,8,9). The van der Waals surface area contributed by atoms with Crippen molar-refractivity contribution in [1.82, 2.24) is 9.97 Å². The molecule has 0 saturated heterocycles. The van der Waals surface area contributed by atoms with Gasteiger partial charge in [0.2, 0.25) is 0 Å². The van der Waals surface area contributed by atoms with Gasteiger partial charge in [-0.25, -0.2) is 9.78 Å². The number of carbonyl (C=O) groups excluding carboxylic acids is 1. The van der Waals surface area contributed by atoms with Crippen LogP contribution in [0.4, 0.5) is 0 Å². The molecular weight excluding hydrogens is 240 g/mol. The molecule has 96 valence electrons. The third-order valence-electron chi connectivity index (χ3n) is 2.52. The highest BCUT2D eigenvalue weighted by Crippen LogP contribution is 2.05. The number of para-hydroxylation sites is 2.